The van der Waals surface area contributed by atoms with E-state index >= 15 is 0 Å². The Morgan fingerprint density at radius 1 is 0.889 bits per heavy atom. The Kier molecular flexibility index (Phi) is 11.8. The quantitative estimate of drug-likeness (QED) is 0.172. The van der Waals surface area contributed by atoms with Gasteiger partial charge < -0.3 is 37.6 Å². The van der Waals surface area contributed by atoms with E-state index in [0.717, 1.165) is 0 Å². The van der Waals surface area contributed by atoms with Gasteiger partial charge in [0.15, 0.2) is 0 Å². The highest BCUT2D eigenvalue weighted by molar-refractivity contribution is 5.96. The molecule has 0 saturated carbocycles. The second-order valence-electron chi connectivity index (χ2n) is 9.15. The topological polar surface area (TPSA) is 214 Å². The average molecular weight is 508 g/mol. The standard InChI is InChI=1S/C24H37N5O7/c1-5-13(4)20(29-21(32)16(25)10-14-6-8-15(30)9-7-14)23(34)27-17(11-18(26)31)22(33)28-19(12(2)3)24(35)36/h6-9,12-13,16-17,19-20,30H,5,10-11,25H2,1-4H3,(H2,26,31)(H,27,34)(H,28,33)(H,29,32)(H,35,36). The van der Waals surface area contributed by atoms with Crippen LogP contribution in [0, 0.1) is 11.8 Å². The van der Waals surface area contributed by atoms with Crippen LogP contribution >= 0.6 is 0 Å². The zero-order valence-corrected chi connectivity index (χ0v) is 21.0. The van der Waals surface area contributed by atoms with E-state index in [1.54, 1.807) is 39.8 Å². The second-order valence-corrected chi connectivity index (χ2v) is 9.15. The fourth-order valence-electron chi connectivity index (χ4n) is 3.38. The first-order chi connectivity index (χ1) is 16.8. The number of hydrogen-bond donors (Lipinski definition) is 7. The SMILES string of the molecule is CCC(C)C(NC(=O)C(N)Cc1ccc(O)cc1)C(=O)NC(CC(N)=O)C(=O)NC(C(=O)O)C(C)C. The van der Waals surface area contributed by atoms with Crippen molar-refractivity contribution in [2.45, 2.75) is 71.1 Å². The lowest BCUT2D eigenvalue weighted by molar-refractivity contribution is -0.143. The minimum Gasteiger partial charge on any atom is -0.508 e. The molecule has 0 bridgehead atoms. The number of phenolic OH excluding ortho intramolecular Hbond substituents is 1. The summed E-state index contributed by atoms with van der Waals surface area (Å²) in [6, 6.07) is 1.41. The van der Waals surface area contributed by atoms with Gasteiger partial charge in [0.1, 0.15) is 23.9 Å². The van der Waals surface area contributed by atoms with Crippen LogP contribution in [0.15, 0.2) is 24.3 Å². The number of carbonyl (C=O) groups is 5. The molecule has 1 aromatic rings. The van der Waals surface area contributed by atoms with E-state index in [-0.39, 0.29) is 18.1 Å². The number of primary amides is 1. The van der Waals surface area contributed by atoms with Gasteiger partial charge in [0.25, 0.3) is 0 Å². The fourth-order valence-corrected chi connectivity index (χ4v) is 3.38. The highest BCUT2D eigenvalue weighted by atomic mass is 16.4. The van der Waals surface area contributed by atoms with Gasteiger partial charge in [0.2, 0.25) is 23.6 Å². The van der Waals surface area contributed by atoms with E-state index in [2.05, 4.69) is 16.0 Å². The van der Waals surface area contributed by atoms with Gasteiger partial charge in [0.05, 0.1) is 12.5 Å². The number of rotatable bonds is 14. The molecule has 36 heavy (non-hydrogen) atoms. The number of phenols is 1. The normalized spacial score (nSPS) is 15.2. The summed E-state index contributed by atoms with van der Waals surface area (Å²) in [5.74, 6) is -5.14. The summed E-state index contributed by atoms with van der Waals surface area (Å²) in [5, 5.41) is 26.1. The number of amides is 4. The van der Waals surface area contributed by atoms with E-state index < -0.39 is 66.1 Å². The maximum Gasteiger partial charge on any atom is 0.326 e. The van der Waals surface area contributed by atoms with Crippen LogP contribution in [0.5, 0.6) is 5.75 Å². The molecule has 1 rings (SSSR count). The van der Waals surface area contributed by atoms with Crippen molar-refractivity contribution in [3.05, 3.63) is 29.8 Å². The molecular weight excluding hydrogens is 470 g/mol. The van der Waals surface area contributed by atoms with Crippen molar-refractivity contribution in [1.29, 1.82) is 0 Å². The van der Waals surface area contributed by atoms with E-state index in [9.17, 15) is 34.2 Å². The van der Waals surface area contributed by atoms with Gasteiger partial charge in [-0.15, -0.1) is 0 Å². The number of carboxylic acid groups (broad SMARTS) is 1. The minimum atomic E-state index is -1.44. The number of aromatic hydroxyl groups is 1. The van der Waals surface area contributed by atoms with Gasteiger partial charge in [-0.05, 0) is 36.0 Å². The number of carbonyl (C=O) groups excluding carboxylic acids is 4. The molecule has 5 atom stereocenters. The first-order valence-corrected chi connectivity index (χ1v) is 11.7. The van der Waals surface area contributed by atoms with Gasteiger partial charge in [-0.25, -0.2) is 4.79 Å². The number of nitrogens with one attached hydrogen (secondary N) is 3. The molecule has 0 heterocycles. The van der Waals surface area contributed by atoms with Crippen molar-refractivity contribution >= 4 is 29.6 Å². The Labute approximate surface area is 210 Å². The molecule has 0 aromatic heterocycles. The molecule has 0 radical (unpaired) electrons. The van der Waals surface area contributed by atoms with Gasteiger partial charge in [-0.3, -0.25) is 19.2 Å². The van der Waals surface area contributed by atoms with Crippen molar-refractivity contribution in [2.24, 2.45) is 23.3 Å². The molecule has 0 aliphatic heterocycles. The van der Waals surface area contributed by atoms with Crippen molar-refractivity contribution in [1.82, 2.24) is 16.0 Å². The summed E-state index contributed by atoms with van der Waals surface area (Å²) in [6.45, 7) is 6.72. The summed E-state index contributed by atoms with van der Waals surface area (Å²) >= 11 is 0. The number of carboxylic acids is 1. The fraction of sp³-hybridized carbons (Fsp3) is 0.542. The first-order valence-electron chi connectivity index (χ1n) is 11.7. The Morgan fingerprint density at radius 3 is 1.92 bits per heavy atom. The van der Waals surface area contributed by atoms with Crippen molar-refractivity contribution < 1.29 is 34.2 Å². The number of benzene rings is 1. The van der Waals surface area contributed by atoms with Gasteiger partial charge in [-0.1, -0.05) is 46.2 Å². The summed E-state index contributed by atoms with van der Waals surface area (Å²) in [7, 11) is 0. The van der Waals surface area contributed by atoms with Crippen molar-refractivity contribution in [3.8, 4) is 5.75 Å². The average Bonchev–Trinajstić information content (AvgIpc) is 2.80. The Hall–Kier alpha value is -3.67. The molecule has 12 nitrogen and oxygen atoms in total. The molecule has 0 aliphatic rings. The van der Waals surface area contributed by atoms with Crippen molar-refractivity contribution in [2.75, 3.05) is 0 Å². The molecule has 0 aliphatic carbocycles. The number of aliphatic carboxylic acids is 1. The second kappa shape index (κ2) is 14.0. The van der Waals surface area contributed by atoms with Crippen LogP contribution in [0.1, 0.15) is 46.1 Å². The van der Waals surface area contributed by atoms with Crippen LogP contribution in [0.25, 0.3) is 0 Å². The largest absolute Gasteiger partial charge is 0.508 e. The molecule has 12 heteroatoms. The van der Waals surface area contributed by atoms with Gasteiger partial charge in [0, 0.05) is 0 Å². The van der Waals surface area contributed by atoms with E-state index in [4.69, 9.17) is 11.5 Å². The lowest BCUT2D eigenvalue weighted by atomic mass is 9.96. The molecule has 0 fully saturated rings. The van der Waals surface area contributed by atoms with Crippen LogP contribution in [0.3, 0.4) is 0 Å². The predicted molar refractivity (Wildman–Crippen MR) is 131 cm³/mol. The third-order valence-electron chi connectivity index (χ3n) is 5.79. The first kappa shape index (κ1) is 30.4. The molecule has 1 aromatic carbocycles. The summed E-state index contributed by atoms with van der Waals surface area (Å²) in [5.41, 5.74) is 12.0. The molecule has 4 amide bonds. The highest BCUT2D eigenvalue weighted by Gasteiger charge is 2.33. The number of hydrogen-bond acceptors (Lipinski definition) is 7. The molecule has 0 saturated heterocycles. The monoisotopic (exact) mass is 507 g/mol. The number of nitrogens with two attached hydrogens (primary N) is 2. The third kappa shape index (κ3) is 9.53. The summed E-state index contributed by atoms with van der Waals surface area (Å²) in [4.78, 5) is 61.6. The van der Waals surface area contributed by atoms with Crippen LogP contribution < -0.4 is 27.4 Å². The zero-order chi connectivity index (χ0) is 27.6. The van der Waals surface area contributed by atoms with Crippen molar-refractivity contribution in [3.63, 3.8) is 0 Å². The molecule has 9 N–H and O–H groups in total. The molecule has 200 valence electrons. The molecule has 5 unspecified atom stereocenters. The van der Waals surface area contributed by atoms with Crippen LogP contribution in [-0.4, -0.2) is 64.0 Å². The van der Waals surface area contributed by atoms with E-state index in [0.29, 0.717) is 12.0 Å². The lowest BCUT2D eigenvalue weighted by Gasteiger charge is -2.28. The van der Waals surface area contributed by atoms with E-state index in [1.165, 1.54) is 12.1 Å². The Bertz CT molecular complexity index is 935. The maximum atomic E-state index is 13.1. The van der Waals surface area contributed by atoms with Gasteiger partial charge in [-0.2, -0.15) is 0 Å². The third-order valence-corrected chi connectivity index (χ3v) is 5.79. The van der Waals surface area contributed by atoms with Crippen LogP contribution in [0.4, 0.5) is 0 Å². The van der Waals surface area contributed by atoms with Crippen LogP contribution in [-0.2, 0) is 30.4 Å². The predicted octanol–water partition coefficient (Wildman–Crippen LogP) is -0.621. The zero-order valence-electron chi connectivity index (χ0n) is 21.0. The molecule has 0 spiro atoms. The summed E-state index contributed by atoms with van der Waals surface area (Å²) < 4.78 is 0. The van der Waals surface area contributed by atoms with Gasteiger partial charge >= 0.3 is 5.97 Å². The minimum absolute atomic E-state index is 0.0721. The lowest BCUT2D eigenvalue weighted by Crippen LogP contribution is -2.59. The van der Waals surface area contributed by atoms with E-state index in [1.807, 2.05) is 0 Å². The molecular formula is C24H37N5O7. The highest BCUT2D eigenvalue weighted by Crippen LogP contribution is 2.13. The van der Waals surface area contributed by atoms with Crippen LogP contribution in [0.2, 0.25) is 0 Å². The Balaban J connectivity index is 3.00. The Morgan fingerprint density at radius 2 is 1.44 bits per heavy atom. The summed E-state index contributed by atoms with van der Waals surface area (Å²) in [6.07, 6.45) is 0.0790. The maximum absolute atomic E-state index is 13.1. The smallest absolute Gasteiger partial charge is 0.326 e.